The van der Waals surface area contributed by atoms with Gasteiger partial charge in [-0.15, -0.1) is 0 Å². The average Bonchev–Trinajstić information content (AvgIpc) is 3.15. The van der Waals surface area contributed by atoms with Gasteiger partial charge in [-0.1, -0.05) is 18.2 Å². The van der Waals surface area contributed by atoms with Gasteiger partial charge in [-0.3, -0.25) is 4.79 Å². The molecule has 1 fully saturated rings. The maximum absolute atomic E-state index is 10.6. The summed E-state index contributed by atoms with van der Waals surface area (Å²) < 4.78 is 9.74. The minimum atomic E-state index is -0.00694. The van der Waals surface area contributed by atoms with Gasteiger partial charge < -0.3 is 7.80 Å². The van der Waals surface area contributed by atoms with Gasteiger partial charge in [0.15, 0.2) is 23.0 Å². The van der Waals surface area contributed by atoms with Crippen LogP contribution in [0.15, 0.2) is 24.3 Å². The number of rotatable bonds is 3. The number of aryl methyl sites for hydroxylation is 1. The number of hydrogen-bond donors (Lipinski definition) is 0. The molecule has 17 heavy (non-hydrogen) atoms. The first-order chi connectivity index (χ1) is 8.19. The maximum atomic E-state index is 10.6. The summed E-state index contributed by atoms with van der Waals surface area (Å²) in [6.45, 7) is 4.38. The maximum Gasteiger partial charge on any atom is 0.308 e. The molecular weight excluding hydrogens is 331 g/mol. The average molecular weight is 348 g/mol. The summed E-state index contributed by atoms with van der Waals surface area (Å²) in [5, 5.41) is 0. The minimum Gasteiger partial charge on any atom is -0.466 e. The Bertz CT molecular complexity index is 361. The SMILES string of the molecule is CCOC(=O)C1CC1.Cc1ccccc1OI. The van der Waals surface area contributed by atoms with Crippen LogP contribution in [0, 0.1) is 12.8 Å². The van der Waals surface area contributed by atoms with Gasteiger partial charge in [-0.2, -0.15) is 0 Å². The molecule has 1 aliphatic rings. The van der Waals surface area contributed by atoms with Crippen LogP contribution in [0.2, 0.25) is 0 Å². The van der Waals surface area contributed by atoms with Gasteiger partial charge in [0.25, 0.3) is 0 Å². The van der Waals surface area contributed by atoms with E-state index in [-0.39, 0.29) is 11.9 Å². The summed E-state index contributed by atoms with van der Waals surface area (Å²) in [5.74, 6) is 1.19. The molecule has 0 bridgehead atoms. The van der Waals surface area contributed by atoms with Crippen LogP contribution in [0.3, 0.4) is 0 Å². The quantitative estimate of drug-likeness (QED) is 0.618. The van der Waals surface area contributed by atoms with E-state index in [9.17, 15) is 4.79 Å². The fourth-order valence-corrected chi connectivity index (χ4v) is 1.72. The standard InChI is InChI=1S/C7H7IO.C6H10O2/c1-6-4-2-3-5-7(6)9-8;1-2-8-6(7)5-3-4-5/h2-5H,1H3;5H,2-4H2,1H3. The number of halogens is 1. The zero-order valence-electron chi connectivity index (χ0n) is 10.1. The molecule has 1 aromatic rings. The van der Waals surface area contributed by atoms with E-state index in [1.54, 1.807) is 0 Å². The van der Waals surface area contributed by atoms with Crippen LogP contribution < -0.4 is 3.07 Å². The van der Waals surface area contributed by atoms with Crippen molar-refractivity contribution in [3.8, 4) is 5.75 Å². The summed E-state index contributed by atoms with van der Waals surface area (Å²) >= 11 is 1.88. The molecule has 1 aliphatic carbocycles. The Morgan fingerprint density at radius 3 is 2.47 bits per heavy atom. The van der Waals surface area contributed by atoms with E-state index in [0.717, 1.165) is 18.6 Å². The van der Waals surface area contributed by atoms with Crippen molar-refractivity contribution in [2.75, 3.05) is 6.61 Å². The number of ether oxygens (including phenoxy) is 1. The Kier molecular flexibility index (Phi) is 6.32. The molecule has 0 saturated heterocycles. The number of carbonyl (C=O) groups excluding carboxylic acids is 1. The molecular formula is C13H17IO3. The third-order valence-corrected chi connectivity index (χ3v) is 2.85. The molecule has 2 rings (SSSR count). The third kappa shape index (κ3) is 5.39. The van der Waals surface area contributed by atoms with E-state index in [1.807, 2.05) is 61.1 Å². The third-order valence-electron chi connectivity index (χ3n) is 2.37. The van der Waals surface area contributed by atoms with Gasteiger partial charge in [0.1, 0.15) is 5.75 Å². The van der Waals surface area contributed by atoms with Gasteiger partial charge >= 0.3 is 5.97 Å². The van der Waals surface area contributed by atoms with E-state index < -0.39 is 0 Å². The van der Waals surface area contributed by atoms with Crippen molar-refractivity contribution in [1.29, 1.82) is 0 Å². The lowest BCUT2D eigenvalue weighted by atomic mass is 10.2. The van der Waals surface area contributed by atoms with Crippen molar-refractivity contribution >= 4 is 29.0 Å². The molecule has 0 amide bonds. The molecule has 0 N–H and O–H groups in total. The van der Waals surface area contributed by atoms with Crippen LogP contribution in [-0.4, -0.2) is 12.6 Å². The Balaban J connectivity index is 0.000000171. The van der Waals surface area contributed by atoms with Crippen molar-refractivity contribution in [3.05, 3.63) is 29.8 Å². The van der Waals surface area contributed by atoms with Gasteiger partial charge in [0.2, 0.25) is 0 Å². The first-order valence-electron chi connectivity index (χ1n) is 5.69. The molecule has 0 atom stereocenters. The topological polar surface area (TPSA) is 35.5 Å². The minimum absolute atomic E-state index is 0.00694. The molecule has 0 radical (unpaired) electrons. The van der Waals surface area contributed by atoms with Gasteiger partial charge in [-0.05, 0) is 38.3 Å². The molecule has 94 valence electrons. The van der Waals surface area contributed by atoms with Crippen LogP contribution in [0.4, 0.5) is 0 Å². The van der Waals surface area contributed by atoms with Crippen LogP contribution in [-0.2, 0) is 9.53 Å². The molecule has 0 aliphatic heterocycles. The molecule has 1 saturated carbocycles. The highest BCUT2D eigenvalue weighted by molar-refractivity contribution is 14.1. The van der Waals surface area contributed by atoms with Gasteiger partial charge in [-0.25, -0.2) is 0 Å². The molecule has 4 heteroatoms. The van der Waals surface area contributed by atoms with Crippen LogP contribution in [0.1, 0.15) is 25.3 Å². The predicted octanol–water partition coefficient (Wildman–Crippen LogP) is 3.68. The van der Waals surface area contributed by atoms with Crippen LogP contribution >= 0.6 is 23.0 Å². The highest BCUT2D eigenvalue weighted by atomic mass is 127. The largest absolute Gasteiger partial charge is 0.466 e. The Labute approximate surface area is 116 Å². The molecule has 0 spiro atoms. The summed E-state index contributed by atoms with van der Waals surface area (Å²) in [5.41, 5.74) is 1.17. The molecule has 0 aromatic heterocycles. The highest BCUT2D eigenvalue weighted by Gasteiger charge is 2.30. The van der Waals surface area contributed by atoms with Crippen LogP contribution in [0.25, 0.3) is 0 Å². The van der Waals surface area contributed by atoms with Crippen molar-refractivity contribution in [2.24, 2.45) is 5.92 Å². The summed E-state index contributed by atoms with van der Waals surface area (Å²) in [7, 11) is 0. The van der Waals surface area contributed by atoms with Crippen molar-refractivity contribution in [1.82, 2.24) is 0 Å². The first kappa shape index (κ1) is 14.3. The lowest BCUT2D eigenvalue weighted by Gasteiger charge is -1.98. The summed E-state index contributed by atoms with van der Waals surface area (Å²) in [6, 6.07) is 7.92. The highest BCUT2D eigenvalue weighted by Crippen LogP contribution is 2.29. The second kappa shape index (κ2) is 7.53. The molecule has 3 nitrogen and oxygen atoms in total. The number of carbonyl (C=O) groups is 1. The Hall–Kier alpha value is -0.780. The Morgan fingerprint density at radius 2 is 2.06 bits per heavy atom. The second-order valence-corrected chi connectivity index (χ2v) is 4.31. The van der Waals surface area contributed by atoms with Crippen LogP contribution in [0.5, 0.6) is 5.75 Å². The molecule has 0 unspecified atom stereocenters. The van der Waals surface area contributed by atoms with Crippen molar-refractivity contribution in [3.63, 3.8) is 0 Å². The van der Waals surface area contributed by atoms with Gasteiger partial charge in [0.05, 0.1) is 12.5 Å². The summed E-state index contributed by atoms with van der Waals surface area (Å²) in [4.78, 5) is 10.6. The normalized spacial score (nSPS) is 13.4. The van der Waals surface area contributed by atoms with E-state index in [2.05, 4.69) is 0 Å². The predicted molar refractivity (Wildman–Crippen MR) is 75.2 cm³/mol. The Morgan fingerprint density at radius 1 is 1.41 bits per heavy atom. The monoisotopic (exact) mass is 348 g/mol. The van der Waals surface area contributed by atoms with E-state index in [0.29, 0.717) is 6.61 Å². The zero-order chi connectivity index (χ0) is 12.7. The first-order valence-corrected chi connectivity index (χ1v) is 6.58. The molecule has 0 heterocycles. The number of para-hydroxylation sites is 1. The van der Waals surface area contributed by atoms with Crippen molar-refractivity contribution < 1.29 is 12.6 Å². The smallest absolute Gasteiger partial charge is 0.308 e. The fourth-order valence-electron chi connectivity index (χ4n) is 1.22. The second-order valence-electron chi connectivity index (χ2n) is 3.87. The number of hydrogen-bond acceptors (Lipinski definition) is 3. The van der Waals surface area contributed by atoms with Gasteiger partial charge in [0, 0.05) is 0 Å². The van der Waals surface area contributed by atoms with Crippen molar-refractivity contribution in [2.45, 2.75) is 26.7 Å². The molecule has 1 aromatic carbocycles. The number of esters is 1. The van der Waals surface area contributed by atoms with E-state index in [4.69, 9.17) is 7.80 Å². The fraction of sp³-hybridized carbons (Fsp3) is 0.462. The zero-order valence-corrected chi connectivity index (χ0v) is 12.3. The number of benzene rings is 1. The van der Waals surface area contributed by atoms with E-state index in [1.165, 1.54) is 5.56 Å². The van der Waals surface area contributed by atoms with E-state index >= 15 is 0 Å². The summed E-state index contributed by atoms with van der Waals surface area (Å²) in [6.07, 6.45) is 2.08. The lowest BCUT2D eigenvalue weighted by molar-refractivity contribution is -0.144. The lowest BCUT2D eigenvalue weighted by Crippen LogP contribution is -2.04.